The van der Waals surface area contributed by atoms with E-state index in [0.717, 1.165) is 29.8 Å². The Bertz CT molecular complexity index is 480. The molecule has 1 atom stereocenters. The largest absolute Gasteiger partial charge is 0.320 e. The van der Waals surface area contributed by atoms with Crippen molar-refractivity contribution in [3.63, 3.8) is 0 Å². The number of halogens is 1. The molecule has 3 nitrogen and oxygen atoms in total. The van der Waals surface area contributed by atoms with Crippen LogP contribution in [0.15, 0.2) is 12.1 Å². The molecule has 0 fully saturated rings. The average Bonchev–Trinajstić information content (AvgIpc) is 2.34. The SMILES string of the molecule is CCC(C(=O)Nc1c(C)cc(Cl)cc1C)[N+](C)(C)CC.[Y]. The van der Waals surface area contributed by atoms with Crippen molar-refractivity contribution >= 4 is 23.2 Å². The van der Waals surface area contributed by atoms with Gasteiger partial charge < -0.3 is 9.80 Å². The number of carbonyl (C=O) groups excluding carboxylic acids is 1. The summed E-state index contributed by atoms with van der Waals surface area (Å²) in [6.45, 7) is 9.02. The van der Waals surface area contributed by atoms with Crippen LogP contribution in [-0.2, 0) is 37.5 Å². The minimum absolute atomic E-state index is 0. The zero-order valence-corrected chi connectivity index (χ0v) is 17.6. The van der Waals surface area contributed by atoms with Crippen molar-refractivity contribution in [2.45, 2.75) is 40.2 Å². The predicted octanol–water partition coefficient (Wildman–Crippen LogP) is 3.77. The Morgan fingerprint density at radius 3 is 2.10 bits per heavy atom. The molecule has 21 heavy (non-hydrogen) atoms. The minimum Gasteiger partial charge on any atom is -0.320 e. The third kappa shape index (κ3) is 5.31. The number of likely N-dealkylation sites (N-methyl/N-ethyl adjacent to an activating group) is 1. The van der Waals surface area contributed by atoms with Crippen molar-refractivity contribution in [2.75, 3.05) is 26.0 Å². The molecule has 0 heterocycles. The molecule has 1 radical (unpaired) electrons. The standard InChI is InChI=1S/C16H25ClN2O.Y/c1-7-14(19(5,6)8-2)16(20)18-15-11(3)9-13(17)10-12(15)4;/h9-10,14H,7-8H2,1-6H3;/p+1. The fourth-order valence-corrected chi connectivity index (χ4v) is 2.86. The van der Waals surface area contributed by atoms with Crippen LogP contribution in [0.4, 0.5) is 5.69 Å². The van der Waals surface area contributed by atoms with Gasteiger partial charge in [0.1, 0.15) is 0 Å². The summed E-state index contributed by atoms with van der Waals surface area (Å²) in [5.41, 5.74) is 2.88. The van der Waals surface area contributed by atoms with Crippen LogP contribution in [0.3, 0.4) is 0 Å². The van der Waals surface area contributed by atoms with Crippen LogP contribution in [-0.4, -0.2) is 37.1 Å². The maximum absolute atomic E-state index is 12.6. The van der Waals surface area contributed by atoms with Crippen LogP contribution in [0.5, 0.6) is 0 Å². The molecule has 0 bridgehead atoms. The first kappa shape index (κ1) is 21.0. The normalized spacial score (nSPS) is 12.5. The number of nitrogens with one attached hydrogen (secondary N) is 1. The van der Waals surface area contributed by atoms with E-state index in [0.29, 0.717) is 9.51 Å². The summed E-state index contributed by atoms with van der Waals surface area (Å²) < 4.78 is 0.689. The van der Waals surface area contributed by atoms with Gasteiger partial charge >= 0.3 is 0 Å². The molecule has 0 aliphatic rings. The van der Waals surface area contributed by atoms with Crippen LogP contribution in [0.25, 0.3) is 0 Å². The molecule has 1 aromatic rings. The van der Waals surface area contributed by atoms with Gasteiger partial charge in [-0.1, -0.05) is 18.5 Å². The topological polar surface area (TPSA) is 29.1 Å². The van der Waals surface area contributed by atoms with E-state index in [9.17, 15) is 4.79 Å². The molecule has 0 saturated carbocycles. The van der Waals surface area contributed by atoms with Crippen LogP contribution in [0, 0.1) is 13.8 Å². The van der Waals surface area contributed by atoms with Gasteiger partial charge in [-0.2, -0.15) is 0 Å². The summed E-state index contributed by atoms with van der Waals surface area (Å²) in [5, 5.41) is 3.79. The number of hydrogen-bond acceptors (Lipinski definition) is 1. The number of carbonyl (C=O) groups is 1. The van der Waals surface area contributed by atoms with Gasteiger partial charge in [0.25, 0.3) is 5.91 Å². The molecule has 1 N–H and O–H groups in total. The minimum atomic E-state index is -0.0468. The van der Waals surface area contributed by atoms with Crippen LogP contribution < -0.4 is 5.32 Å². The number of benzene rings is 1. The van der Waals surface area contributed by atoms with Gasteiger partial charge in [-0.15, -0.1) is 0 Å². The summed E-state index contributed by atoms with van der Waals surface area (Å²) in [5.74, 6) is 0.0767. The molecule has 1 unspecified atom stereocenters. The van der Waals surface area contributed by atoms with Crippen molar-refractivity contribution < 1.29 is 42.0 Å². The van der Waals surface area contributed by atoms with Crippen molar-refractivity contribution in [3.05, 3.63) is 28.3 Å². The van der Waals surface area contributed by atoms with Gasteiger partial charge in [-0.3, -0.25) is 4.79 Å². The Morgan fingerprint density at radius 1 is 1.24 bits per heavy atom. The van der Waals surface area contributed by atoms with Crippen molar-refractivity contribution in [1.29, 1.82) is 0 Å². The van der Waals surface area contributed by atoms with Crippen molar-refractivity contribution in [1.82, 2.24) is 0 Å². The van der Waals surface area contributed by atoms with E-state index in [1.54, 1.807) is 0 Å². The molecule has 0 aromatic heterocycles. The Morgan fingerprint density at radius 2 is 1.71 bits per heavy atom. The predicted molar refractivity (Wildman–Crippen MR) is 86.3 cm³/mol. The van der Waals surface area contributed by atoms with E-state index in [1.807, 2.05) is 26.0 Å². The summed E-state index contributed by atoms with van der Waals surface area (Å²) in [6.07, 6.45) is 0.818. The Kier molecular flexibility index (Phi) is 8.64. The molecule has 1 amide bonds. The van der Waals surface area contributed by atoms with Crippen LogP contribution >= 0.6 is 11.6 Å². The second-order valence-corrected chi connectivity index (χ2v) is 6.36. The number of anilines is 1. The van der Waals surface area contributed by atoms with E-state index in [2.05, 4.69) is 33.3 Å². The van der Waals surface area contributed by atoms with Gasteiger partial charge in [-0.05, 0) is 44.0 Å². The van der Waals surface area contributed by atoms with Crippen LogP contribution in [0.2, 0.25) is 5.02 Å². The molecule has 0 spiro atoms. The Hall–Kier alpha value is 0.0439. The van der Waals surface area contributed by atoms with Gasteiger partial charge in [-0.25, -0.2) is 0 Å². The first-order valence-electron chi connectivity index (χ1n) is 7.13. The molecule has 1 rings (SSSR count). The second kappa shape index (κ2) is 8.62. The molecule has 0 saturated heterocycles. The number of hydrogen-bond donors (Lipinski definition) is 1. The maximum atomic E-state index is 12.6. The number of rotatable bonds is 5. The first-order chi connectivity index (χ1) is 9.22. The summed E-state index contributed by atoms with van der Waals surface area (Å²) in [6, 6.07) is 3.71. The van der Waals surface area contributed by atoms with E-state index >= 15 is 0 Å². The zero-order chi connectivity index (χ0) is 15.5. The smallest absolute Gasteiger partial charge is 0.282 e. The summed E-state index contributed by atoms with van der Waals surface area (Å²) >= 11 is 6.03. The van der Waals surface area contributed by atoms with Gasteiger partial charge in [0.2, 0.25) is 0 Å². The quantitative estimate of drug-likeness (QED) is 0.767. The summed E-state index contributed by atoms with van der Waals surface area (Å²) in [4.78, 5) is 12.6. The third-order valence-electron chi connectivity index (χ3n) is 4.09. The first-order valence-corrected chi connectivity index (χ1v) is 7.51. The van der Waals surface area contributed by atoms with E-state index in [4.69, 9.17) is 11.6 Å². The van der Waals surface area contributed by atoms with Gasteiger partial charge in [0, 0.05) is 49.8 Å². The zero-order valence-electron chi connectivity index (χ0n) is 14.0. The van der Waals surface area contributed by atoms with Gasteiger partial charge in [0.05, 0.1) is 20.6 Å². The number of amides is 1. The van der Waals surface area contributed by atoms with E-state index in [1.165, 1.54) is 0 Å². The fraction of sp³-hybridized carbons (Fsp3) is 0.562. The fourth-order valence-electron chi connectivity index (χ4n) is 2.53. The number of nitrogens with zero attached hydrogens (tertiary/aromatic N) is 1. The average molecular weight is 387 g/mol. The molecule has 0 aliphatic carbocycles. The third-order valence-corrected chi connectivity index (χ3v) is 4.31. The Balaban J connectivity index is 0.00000400. The van der Waals surface area contributed by atoms with Crippen molar-refractivity contribution in [2.24, 2.45) is 0 Å². The second-order valence-electron chi connectivity index (χ2n) is 5.92. The van der Waals surface area contributed by atoms with Crippen molar-refractivity contribution in [3.8, 4) is 0 Å². The summed E-state index contributed by atoms with van der Waals surface area (Å²) in [7, 11) is 4.19. The number of aryl methyl sites for hydroxylation is 2. The molecule has 5 heteroatoms. The monoisotopic (exact) mass is 386 g/mol. The molecule has 115 valence electrons. The Labute approximate surface area is 158 Å². The van der Waals surface area contributed by atoms with Gasteiger partial charge in [0.15, 0.2) is 6.04 Å². The number of quaternary nitrogens is 1. The van der Waals surface area contributed by atoms with Crippen LogP contribution in [0.1, 0.15) is 31.4 Å². The van der Waals surface area contributed by atoms with E-state index in [-0.39, 0.29) is 44.7 Å². The molecular formula is C16H26ClN2OY+. The molecule has 0 aliphatic heterocycles. The molecular weight excluding hydrogens is 361 g/mol. The maximum Gasteiger partial charge on any atom is 0.282 e. The molecule has 1 aromatic carbocycles. The van der Waals surface area contributed by atoms with E-state index < -0.39 is 0 Å².